The van der Waals surface area contributed by atoms with Crippen molar-refractivity contribution >= 4 is 32.5 Å². The van der Waals surface area contributed by atoms with Gasteiger partial charge in [0.1, 0.15) is 0 Å². The van der Waals surface area contributed by atoms with Crippen molar-refractivity contribution in [2.45, 2.75) is 6.54 Å². The van der Waals surface area contributed by atoms with Gasteiger partial charge in [-0.2, -0.15) is 0 Å². The summed E-state index contributed by atoms with van der Waals surface area (Å²) in [5.74, 6) is 0. The molecule has 0 aliphatic rings. The number of nitrogens with one attached hydrogen (secondary N) is 2. The van der Waals surface area contributed by atoms with Crippen LogP contribution >= 0.6 is 15.9 Å². The van der Waals surface area contributed by atoms with Crippen LogP contribution in [0.2, 0.25) is 0 Å². The van der Waals surface area contributed by atoms with Crippen LogP contribution in [0.3, 0.4) is 0 Å². The molecule has 0 spiro atoms. The zero-order valence-corrected chi connectivity index (χ0v) is 11.4. The van der Waals surface area contributed by atoms with Gasteiger partial charge in [-0.1, -0.05) is 24.3 Å². The standard InChI is InChI=1S/C15H13BrN2/c16-13-5-1-2-6-15(13)18-10-11-4-3-7-14-12(11)8-9-17-14/h1-9,17-18H,10H2. The highest BCUT2D eigenvalue weighted by molar-refractivity contribution is 9.10. The maximum atomic E-state index is 3.54. The van der Waals surface area contributed by atoms with Gasteiger partial charge < -0.3 is 10.3 Å². The predicted molar refractivity (Wildman–Crippen MR) is 79.8 cm³/mol. The van der Waals surface area contributed by atoms with E-state index in [0.29, 0.717) is 0 Å². The van der Waals surface area contributed by atoms with Crippen molar-refractivity contribution in [1.82, 2.24) is 4.98 Å². The second kappa shape index (κ2) is 4.86. The number of rotatable bonds is 3. The molecule has 0 bridgehead atoms. The highest BCUT2D eigenvalue weighted by atomic mass is 79.9. The van der Waals surface area contributed by atoms with Crippen LogP contribution in [0.4, 0.5) is 5.69 Å². The molecular weight excluding hydrogens is 288 g/mol. The van der Waals surface area contributed by atoms with E-state index >= 15 is 0 Å². The number of halogens is 1. The van der Waals surface area contributed by atoms with Gasteiger partial charge in [-0.25, -0.2) is 0 Å². The minimum atomic E-state index is 0.817. The molecule has 3 aromatic rings. The Morgan fingerprint density at radius 3 is 2.78 bits per heavy atom. The lowest BCUT2D eigenvalue weighted by molar-refractivity contribution is 1.16. The molecule has 0 aliphatic heterocycles. The SMILES string of the molecule is Brc1ccccc1NCc1cccc2[nH]ccc12. The van der Waals surface area contributed by atoms with Crippen LogP contribution in [-0.4, -0.2) is 4.98 Å². The number of hydrogen-bond acceptors (Lipinski definition) is 1. The lowest BCUT2D eigenvalue weighted by atomic mass is 10.1. The first-order valence-electron chi connectivity index (χ1n) is 5.88. The fourth-order valence-electron chi connectivity index (χ4n) is 2.10. The number of para-hydroxylation sites is 1. The van der Waals surface area contributed by atoms with E-state index in [1.54, 1.807) is 0 Å². The molecule has 1 heterocycles. The Hall–Kier alpha value is -1.74. The second-order valence-electron chi connectivity index (χ2n) is 4.19. The van der Waals surface area contributed by atoms with E-state index in [9.17, 15) is 0 Å². The third-order valence-electron chi connectivity index (χ3n) is 3.03. The Labute approximate surface area is 114 Å². The van der Waals surface area contributed by atoms with Crippen molar-refractivity contribution in [2.24, 2.45) is 0 Å². The first-order valence-corrected chi connectivity index (χ1v) is 6.67. The summed E-state index contributed by atoms with van der Waals surface area (Å²) in [6.45, 7) is 0.817. The minimum Gasteiger partial charge on any atom is -0.380 e. The predicted octanol–water partition coefficient (Wildman–Crippen LogP) is 4.54. The highest BCUT2D eigenvalue weighted by Crippen LogP contribution is 2.23. The number of fused-ring (bicyclic) bond motifs is 1. The number of hydrogen-bond donors (Lipinski definition) is 2. The van der Waals surface area contributed by atoms with Crippen molar-refractivity contribution in [1.29, 1.82) is 0 Å². The van der Waals surface area contributed by atoms with E-state index in [2.05, 4.69) is 56.6 Å². The fraction of sp³-hybridized carbons (Fsp3) is 0.0667. The van der Waals surface area contributed by atoms with Crippen molar-refractivity contribution in [3.63, 3.8) is 0 Å². The lowest BCUT2D eigenvalue weighted by Gasteiger charge is -2.09. The molecule has 2 nitrogen and oxygen atoms in total. The molecule has 2 aromatic carbocycles. The van der Waals surface area contributed by atoms with Gasteiger partial charge in [-0.15, -0.1) is 0 Å². The van der Waals surface area contributed by atoms with Crippen LogP contribution < -0.4 is 5.32 Å². The fourth-order valence-corrected chi connectivity index (χ4v) is 2.52. The molecule has 3 rings (SSSR count). The molecule has 1 aromatic heterocycles. The number of benzene rings is 2. The monoisotopic (exact) mass is 300 g/mol. The molecule has 3 heteroatoms. The van der Waals surface area contributed by atoms with Crippen LogP contribution in [0.5, 0.6) is 0 Å². The topological polar surface area (TPSA) is 27.8 Å². The van der Waals surface area contributed by atoms with Gasteiger partial charge in [0, 0.05) is 33.8 Å². The summed E-state index contributed by atoms with van der Waals surface area (Å²) in [5.41, 5.74) is 3.59. The van der Waals surface area contributed by atoms with Crippen molar-refractivity contribution in [3.8, 4) is 0 Å². The summed E-state index contributed by atoms with van der Waals surface area (Å²) < 4.78 is 1.09. The molecular formula is C15H13BrN2. The van der Waals surface area contributed by atoms with Crippen molar-refractivity contribution in [2.75, 3.05) is 5.32 Å². The Kier molecular flexibility index (Phi) is 3.07. The van der Waals surface area contributed by atoms with E-state index in [0.717, 1.165) is 16.7 Å². The molecule has 0 aliphatic carbocycles. The third kappa shape index (κ3) is 2.14. The summed E-state index contributed by atoms with van der Waals surface area (Å²) in [6.07, 6.45) is 1.98. The van der Waals surface area contributed by atoms with Gasteiger partial charge in [-0.05, 0) is 45.8 Å². The second-order valence-corrected chi connectivity index (χ2v) is 5.04. The first-order chi connectivity index (χ1) is 8.84. The van der Waals surface area contributed by atoms with Crippen LogP contribution in [0.15, 0.2) is 59.2 Å². The van der Waals surface area contributed by atoms with E-state index in [-0.39, 0.29) is 0 Å². The highest BCUT2D eigenvalue weighted by Gasteiger charge is 2.02. The summed E-state index contributed by atoms with van der Waals surface area (Å²) >= 11 is 3.54. The molecule has 18 heavy (non-hydrogen) atoms. The van der Waals surface area contributed by atoms with Gasteiger partial charge in [0.05, 0.1) is 0 Å². The maximum absolute atomic E-state index is 3.54. The molecule has 2 N–H and O–H groups in total. The maximum Gasteiger partial charge on any atom is 0.0487 e. The van der Waals surface area contributed by atoms with E-state index in [4.69, 9.17) is 0 Å². The Morgan fingerprint density at radius 1 is 1.00 bits per heavy atom. The lowest BCUT2D eigenvalue weighted by Crippen LogP contribution is -2.00. The molecule has 0 saturated carbocycles. The number of anilines is 1. The summed E-state index contributed by atoms with van der Waals surface area (Å²) in [7, 11) is 0. The van der Waals surface area contributed by atoms with Gasteiger partial charge >= 0.3 is 0 Å². The third-order valence-corrected chi connectivity index (χ3v) is 3.72. The molecule has 0 saturated heterocycles. The molecule has 0 amide bonds. The van der Waals surface area contributed by atoms with Crippen LogP contribution in [-0.2, 0) is 6.54 Å². The average Bonchev–Trinajstić information content (AvgIpc) is 2.86. The first kappa shape index (κ1) is 11.4. The molecule has 90 valence electrons. The van der Waals surface area contributed by atoms with Crippen molar-refractivity contribution in [3.05, 3.63) is 64.8 Å². The summed E-state index contributed by atoms with van der Waals surface area (Å²) in [4.78, 5) is 3.23. The number of aromatic amines is 1. The number of aromatic nitrogens is 1. The van der Waals surface area contributed by atoms with E-state index < -0.39 is 0 Å². The number of H-pyrrole nitrogens is 1. The summed E-state index contributed by atoms with van der Waals surface area (Å²) in [6, 6.07) is 16.6. The van der Waals surface area contributed by atoms with Gasteiger partial charge in [-0.3, -0.25) is 0 Å². The zero-order chi connectivity index (χ0) is 12.4. The Balaban J connectivity index is 1.85. The quantitative estimate of drug-likeness (QED) is 0.730. The Bertz CT molecular complexity index is 673. The Morgan fingerprint density at radius 2 is 1.89 bits per heavy atom. The molecule has 0 fully saturated rings. The van der Waals surface area contributed by atoms with Crippen LogP contribution in [0.25, 0.3) is 10.9 Å². The molecule has 0 atom stereocenters. The van der Waals surface area contributed by atoms with Crippen LogP contribution in [0, 0.1) is 0 Å². The average molecular weight is 301 g/mol. The largest absolute Gasteiger partial charge is 0.380 e. The zero-order valence-electron chi connectivity index (χ0n) is 9.78. The molecule has 0 radical (unpaired) electrons. The van der Waals surface area contributed by atoms with Gasteiger partial charge in [0.25, 0.3) is 0 Å². The van der Waals surface area contributed by atoms with Gasteiger partial charge in [0.15, 0.2) is 0 Å². The van der Waals surface area contributed by atoms with E-state index in [1.165, 1.54) is 16.5 Å². The van der Waals surface area contributed by atoms with Gasteiger partial charge in [0.2, 0.25) is 0 Å². The normalized spacial score (nSPS) is 10.7. The van der Waals surface area contributed by atoms with E-state index in [1.807, 2.05) is 24.4 Å². The van der Waals surface area contributed by atoms with Crippen LogP contribution in [0.1, 0.15) is 5.56 Å². The minimum absolute atomic E-state index is 0.817. The smallest absolute Gasteiger partial charge is 0.0487 e. The summed E-state index contributed by atoms with van der Waals surface area (Å²) in [5, 5.41) is 4.73. The molecule has 0 unspecified atom stereocenters. The van der Waals surface area contributed by atoms with Crippen molar-refractivity contribution < 1.29 is 0 Å².